The molecule has 0 unspecified atom stereocenters. The topological polar surface area (TPSA) is 79.7 Å². The average Bonchev–Trinajstić information content (AvgIpc) is 2.74. The Hall–Kier alpha value is -3.32. The van der Waals surface area contributed by atoms with Crippen molar-refractivity contribution in [3.05, 3.63) is 70.3 Å². The van der Waals surface area contributed by atoms with Crippen LogP contribution in [0.5, 0.6) is 0 Å². The van der Waals surface area contributed by atoms with Crippen molar-refractivity contribution in [3.8, 4) is 0 Å². The van der Waals surface area contributed by atoms with Crippen molar-refractivity contribution in [2.24, 2.45) is 0 Å². The first kappa shape index (κ1) is 16.8. The number of rotatable bonds is 3. The third-order valence-electron chi connectivity index (χ3n) is 5.39. The smallest absolute Gasteiger partial charge is 0.292 e. The van der Waals surface area contributed by atoms with E-state index < -0.39 is 0 Å². The molecular formula is C21H20N4O3. The Balaban J connectivity index is 1.52. The van der Waals surface area contributed by atoms with Gasteiger partial charge in [-0.05, 0) is 23.6 Å². The van der Waals surface area contributed by atoms with Crippen molar-refractivity contribution >= 4 is 33.5 Å². The standard InChI is InChI=1S/C21H20N4O3/c26-25(27)19-13-15(7-8-18(19)24-9-11-28-12-10-24)21-22-16-5-1-3-14-4-2-6-17(23-21)20(14)16/h1-8,13,21-23H,9-12H2. The highest BCUT2D eigenvalue weighted by Crippen LogP contribution is 2.40. The van der Waals surface area contributed by atoms with Crippen molar-refractivity contribution in [2.45, 2.75) is 6.17 Å². The van der Waals surface area contributed by atoms with Gasteiger partial charge >= 0.3 is 0 Å². The number of hydrogen-bond acceptors (Lipinski definition) is 6. The second-order valence-electron chi connectivity index (χ2n) is 7.04. The Labute approximate surface area is 162 Å². The second-order valence-corrected chi connectivity index (χ2v) is 7.04. The first-order chi connectivity index (χ1) is 13.7. The lowest BCUT2D eigenvalue weighted by atomic mass is 10.0. The Morgan fingerprint density at radius 3 is 2.32 bits per heavy atom. The molecule has 7 heteroatoms. The van der Waals surface area contributed by atoms with Crippen LogP contribution in [-0.2, 0) is 4.74 Å². The zero-order valence-corrected chi connectivity index (χ0v) is 15.2. The fraction of sp³-hybridized carbons (Fsp3) is 0.238. The van der Waals surface area contributed by atoms with Gasteiger partial charge in [0.05, 0.1) is 18.1 Å². The quantitative estimate of drug-likeness (QED) is 0.529. The number of ether oxygens (including phenoxy) is 1. The lowest BCUT2D eigenvalue weighted by Gasteiger charge is -2.31. The van der Waals surface area contributed by atoms with Gasteiger partial charge in [0.15, 0.2) is 0 Å². The first-order valence-corrected chi connectivity index (χ1v) is 9.36. The van der Waals surface area contributed by atoms with Crippen LogP contribution in [0.1, 0.15) is 11.7 Å². The third-order valence-corrected chi connectivity index (χ3v) is 5.39. The number of nitrogens with zero attached hydrogens (tertiary/aromatic N) is 2. The summed E-state index contributed by atoms with van der Waals surface area (Å²) in [6, 6.07) is 17.7. The van der Waals surface area contributed by atoms with Gasteiger partial charge in [-0.15, -0.1) is 0 Å². The fourth-order valence-electron chi connectivity index (χ4n) is 4.03. The number of morpholine rings is 1. The summed E-state index contributed by atoms with van der Waals surface area (Å²) in [6.45, 7) is 2.50. The summed E-state index contributed by atoms with van der Waals surface area (Å²) in [7, 11) is 0. The molecule has 0 aliphatic carbocycles. The van der Waals surface area contributed by atoms with Crippen LogP contribution in [0.25, 0.3) is 10.8 Å². The van der Waals surface area contributed by atoms with E-state index in [-0.39, 0.29) is 16.8 Å². The van der Waals surface area contributed by atoms with Crippen LogP contribution in [0.3, 0.4) is 0 Å². The average molecular weight is 376 g/mol. The Morgan fingerprint density at radius 1 is 1.00 bits per heavy atom. The molecule has 0 bridgehead atoms. The summed E-state index contributed by atoms with van der Waals surface area (Å²) in [4.78, 5) is 13.5. The van der Waals surface area contributed by atoms with Crippen molar-refractivity contribution in [2.75, 3.05) is 41.8 Å². The van der Waals surface area contributed by atoms with E-state index in [2.05, 4.69) is 22.8 Å². The zero-order chi connectivity index (χ0) is 19.1. The summed E-state index contributed by atoms with van der Waals surface area (Å²) in [5, 5.41) is 21.0. The molecule has 3 aromatic carbocycles. The van der Waals surface area contributed by atoms with Gasteiger partial charge in [0.2, 0.25) is 0 Å². The lowest BCUT2D eigenvalue weighted by molar-refractivity contribution is -0.384. The van der Waals surface area contributed by atoms with Gasteiger partial charge in [-0.2, -0.15) is 0 Å². The zero-order valence-electron chi connectivity index (χ0n) is 15.2. The van der Waals surface area contributed by atoms with Crippen LogP contribution in [0.4, 0.5) is 22.7 Å². The fourth-order valence-corrected chi connectivity index (χ4v) is 4.03. The minimum atomic E-state index is -0.300. The van der Waals surface area contributed by atoms with Gasteiger partial charge < -0.3 is 20.3 Å². The molecule has 0 atom stereocenters. The van der Waals surface area contributed by atoms with Gasteiger partial charge in [0, 0.05) is 41.5 Å². The molecule has 0 amide bonds. The van der Waals surface area contributed by atoms with Crippen LogP contribution in [0.2, 0.25) is 0 Å². The monoisotopic (exact) mass is 376 g/mol. The molecule has 0 aromatic heterocycles. The van der Waals surface area contributed by atoms with Gasteiger partial charge in [0.1, 0.15) is 11.9 Å². The molecule has 142 valence electrons. The van der Waals surface area contributed by atoms with E-state index in [1.807, 2.05) is 41.3 Å². The molecule has 1 saturated heterocycles. The maximum absolute atomic E-state index is 11.8. The Bertz CT molecular complexity index is 1020. The molecule has 28 heavy (non-hydrogen) atoms. The number of hydrogen-bond donors (Lipinski definition) is 2. The highest BCUT2D eigenvalue weighted by Gasteiger charge is 2.26. The summed E-state index contributed by atoms with van der Waals surface area (Å²) >= 11 is 0. The summed E-state index contributed by atoms with van der Waals surface area (Å²) in [5.41, 5.74) is 3.65. The maximum Gasteiger partial charge on any atom is 0.292 e. The first-order valence-electron chi connectivity index (χ1n) is 9.36. The highest BCUT2D eigenvalue weighted by atomic mass is 16.6. The van der Waals surface area contributed by atoms with Gasteiger partial charge in [-0.1, -0.05) is 30.3 Å². The molecule has 2 heterocycles. The van der Waals surface area contributed by atoms with Crippen LogP contribution >= 0.6 is 0 Å². The van der Waals surface area contributed by atoms with Crippen LogP contribution in [0.15, 0.2) is 54.6 Å². The Kier molecular flexibility index (Phi) is 4.02. The molecule has 2 aliphatic rings. The minimum absolute atomic E-state index is 0.125. The number of benzene rings is 3. The SMILES string of the molecule is O=[N+]([O-])c1cc(C2Nc3cccc4cccc(c34)N2)ccc1N1CCOCC1. The number of anilines is 3. The predicted octanol–water partition coefficient (Wildman–Crippen LogP) is 4.12. The number of nitro benzene ring substituents is 1. The molecule has 7 nitrogen and oxygen atoms in total. The summed E-state index contributed by atoms with van der Waals surface area (Å²) < 4.78 is 5.37. The van der Waals surface area contributed by atoms with Crippen molar-refractivity contribution < 1.29 is 9.66 Å². The summed E-state index contributed by atoms with van der Waals surface area (Å²) in [5.74, 6) is 0. The summed E-state index contributed by atoms with van der Waals surface area (Å²) in [6.07, 6.45) is -0.238. The van der Waals surface area contributed by atoms with E-state index in [1.54, 1.807) is 6.07 Å². The van der Waals surface area contributed by atoms with E-state index in [1.165, 1.54) is 0 Å². The van der Waals surface area contributed by atoms with Gasteiger partial charge in [-0.25, -0.2) is 0 Å². The van der Waals surface area contributed by atoms with Crippen molar-refractivity contribution in [1.82, 2.24) is 0 Å². The van der Waals surface area contributed by atoms with Gasteiger partial charge in [-0.3, -0.25) is 10.1 Å². The molecule has 0 radical (unpaired) electrons. The molecule has 3 aromatic rings. The van der Waals surface area contributed by atoms with E-state index in [0.29, 0.717) is 32.0 Å². The molecule has 5 rings (SSSR count). The van der Waals surface area contributed by atoms with Crippen molar-refractivity contribution in [3.63, 3.8) is 0 Å². The molecular weight excluding hydrogens is 356 g/mol. The molecule has 2 aliphatic heterocycles. The van der Waals surface area contributed by atoms with E-state index in [4.69, 9.17) is 4.74 Å². The maximum atomic E-state index is 11.8. The van der Waals surface area contributed by atoms with E-state index >= 15 is 0 Å². The van der Waals surface area contributed by atoms with Crippen LogP contribution in [0, 0.1) is 10.1 Å². The Morgan fingerprint density at radius 2 is 1.68 bits per heavy atom. The number of nitrogens with one attached hydrogen (secondary N) is 2. The highest BCUT2D eigenvalue weighted by molar-refractivity contribution is 6.04. The van der Waals surface area contributed by atoms with E-state index in [9.17, 15) is 10.1 Å². The van der Waals surface area contributed by atoms with Crippen LogP contribution < -0.4 is 15.5 Å². The second kappa shape index (κ2) is 6.69. The van der Waals surface area contributed by atoms with E-state index in [0.717, 1.165) is 27.7 Å². The third kappa shape index (κ3) is 2.80. The predicted molar refractivity (Wildman–Crippen MR) is 110 cm³/mol. The van der Waals surface area contributed by atoms with Crippen LogP contribution in [-0.4, -0.2) is 31.2 Å². The van der Waals surface area contributed by atoms with Crippen molar-refractivity contribution in [1.29, 1.82) is 0 Å². The normalized spacial score (nSPS) is 16.5. The molecule has 1 fully saturated rings. The molecule has 2 N–H and O–H groups in total. The molecule has 0 spiro atoms. The largest absolute Gasteiger partial charge is 0.378 e. The minimum Gasteiger partial charge on any atom is -0.378 e. The van der Waals surface area contributed by atoms with Gasteiger partial charge in [0.25, 0.3) is 5.69 Å². The molecule has 0 saturated carbocycles. The number of nitro groups is 1. The lowest BCUT2D eigenvalue weighted by Crippen LogP contribution is -2.36.